The van der Waals surface area contributed by atoms with E-state index < -0.39 is 0 Å². The van der Waals surface area contributed by atoms with Crippen molar-refractivity contribution < 1.29 is 9.47 Å². The smallest absolute Gasteiger partial charge is 0.180 e. The summed E-state index contributed by atoms with van der Waals surface area (Å²) in [6.07, 6.45) is 1.68. The molecule has 7 heteroatoms. The summed E-state index contributed by atoms with van der Waals surface area (Å²) < 4.78 is 11.9. The molecule has 4 aromatic rings. The van der Waals surface area contributed by atoms with Crippen molar-refractivity contribution in [2.45, 2.75) is 20.5 Å². The van der Waals surface area contributed by atoms with Gasteiger partial charge in [0, 0.05) is 22.3 Å². The van der Waals surface area contributed by atoms with Crippen molar-refractivity contribution in [2.24, 2.45) is 0 Å². The molecule has 1 aromatic heterocycles. The molecule has 0 spiro atoms. The number of benzene rings is 3. The highest BCUT2D eigenvalue weighted by molar-refractivity contribution is 6.32. The Hall–Kier alpha value is -3.72. The van der Waals surface area contributed by atoms with Gasteiger partial charge in [0.15, 0.2) is 11.5 Å². The molecule has 0 radical (unpaired) electrons. The summed E-state index contributed by atoms with van der Waals surface area (Å²) in [6.45, 7) is 4.60. The molecule has 1 heterocycles. The van der Waals surface area contributed by atoms with Crippen molar-refractivity contribution in [3.8, 4) is 39.8 Å². The number of hydrogen-bond acceptors (Lipinski definition) is 5. The van der Waals surface area contributed by atoms with E-state index in [0.29, 0.717) is 39.3 Å². The van der Waals surface area contributed by atoms with E-state index in [2.05, 4.69) is 11.1 Å². The summed E-state index contributed by atoms with van der Waals surface area (Å²) >= 11 is 12.7. The van der Waals surface area contributed by atoms with Crippen LogP contribution in [-0.2, 0) is 6.61 Å². The molecule has 4 rings (SSSR count). The second kappa shape index (κ2) is 10.7. The minimum absolute atomic E-state index is 0.149. The average Bonchev–Trinajstić information content (AvgIpc) is 2.85. The minimum Gasteiger partial charge on any atom is -0.490 e. The number of rotatable bonds is 7. The van der Waals surface area contributed by atoms with Gasteiger partial charge >= 0.3 is 0 Å². The first-order valence-electron chi connectivity index (χ1n) is 11.0. The maximum atomic E-state index is 9.93. The zero-order valence-electron chi connectivity index (χ0n) is 19.3. The molecule has 0 unspecified atom stereocenters. The van der Waals surface area contributed by atoms with Gasteiger partial charge in [-0.15, -0.1) is 0 Å². The van der Waals surface area contributed by atoms with E-state index in [1.165, 1.54) is 0 Å². The van der Waals surface area contributed by atoms with Crippen LogP contribution < -0.4 is 15.2 Å². The lowest BCUT2D eigenvalue weighted by Crippen LogP contribution is -2.03. The minimum atomic E-state index is 0.149. The van der Waals surface area contributed by atoms with Gasteiger partial charge in [-0.1, -0.05) is 65.2 Å². The summed E-state index contributed by atoms with van der Waals surface area (Å²) in [6, 6.07) is 21.2. The van der Waals surface area contributed by atoms with Crippen molar-refractivity contribution in [3.05, 3.63) is 93.6 Å². The Morgan fingerprint density at radius 3 is 2.34 bits per heavy atom. The summed E-state index contributed by atoms with van der Waals surface area (Å²) in [5, 5.41) is 10.9. The molecular formula is C28H23Cl2N3O2. The molecule has 0 saturated heterocycles. The van der Waals surface area contributed by atoms with Crippen LogP contribution in [0.4, 0.5) is 5.82 Å². The third-order valence-corrected chi connectivity index (χ3v) is 6.01. The number of ether oxygens (including phenoxy) is 2. The summed E-state index contributed by atoms with van der Waals surface area (Å²) in [4.78, 5) is 4.26. The third kappa shape index (κ3) is 5.35. The van der Waals surface area contributed by atoms with Crippen molar-refractivity contribution in [1.82, 2.24) is 4.98 Å². The topological polar surface area (TPSA) is 81.2 Å². The van der Waals surface area contributed by atoms with E-state index in [9.17, 15) is 5.26 Å². The zero-order valence-corrected chi connectivity index (χ0v) is 20.8. The van der Waals surface area contributed by atoms with Gasteiger partial charge in [-0.05, 0) is 54.8 Å². The fourth-order valence-electron chi connectivity index (χ4n) is 3.74. The molecule has 0 saturated carbocycles. The Labute approximate surface area is 214 Å². The molecule has 0 atom stereocenters. The Kier molecular flexibility index (Phi) is 7.45. The second-order valence-electron chi connectivity index (χ2n) is 7.92. The van der Waals surface area contributed by atoms with E-state index in [-0.39, 0.29) is 18.0 Å². The number of aromatic nitrogens is 1. The molecule has 2 N–H and O–H groups in total. The van der Waals surface area contributed by atoms with Gasteiger partial charge in [0.05, 0.1) is 11.6 Å². The first-order valence-corrected chi connectivity index (χ1v) is 11.8. The molecular weight excluding hydrogens is 481 g/mol. The number of anilines is 1. The fraction of sp³-hybridized carbons (Fsp3) is 0.143. The van der Waals surface area contributed by atoms with Crippen LogP contribution in [0.15, 0.2) is 66.9 Å². The number of aryl methyl sites for hydroxylation is 1. The van der Waals surface area contributed by atoms with Crippen LogP contribution in [0.25, 0.3) is 22.3 Å². The van der Waals surface area contributed by atoms with Crippen LogP contribution in [0.3, 0.4) is 0 Å². The molecule has 0 aliphatic carbocycles. The molecule has 35 heavy (non-hydrogen) atoms. The fourth-order valence-corrected chi connectivity index (χ4v) is 4.13. The van der Waals surface area contributed by atoms with Crippen LogP contribution in [-0.4, -0.2) is 11.6 Å². The maximum absolute atomic E-state index is 9.93. The molecule has 176 valence electrons. The molecule has 0 fully saturated rings. The maximum Gasteiger partial charge on any atom is 0.180 e. The molecule has 0 amide bonds. The van der Waals surface area contributed by atoms with Gasteiger partial charge in [0.25, 0.3) is 0 Å². The lowest BCUT2D eigenvalue weighted by atomic mass is 9.92. The quantitative estimate of drug-likeness (QED) is 0.283. The Bertz CT molecular complexity index is 1400. The molecule has 0 aliphatic rings. The van der Waals surface area contributed by atoms with Crippen LogP contribution in [0, 0.1) is 18.3 Å². The predicted octanol–water partition coefficient (Wildman–Crippen LogP) is 7.46. The summed E-state index contributed by atoms with van der Waals surface area (Å²) in [7, 11) is 0. The van der Waals surface area contributed by atoms with Crippen LogP contribution >= 0.6 is 23.2 Å². The molecule has 3 aromatic carbocycles. The van der Waals surface area contributed by atoms with Crippen LogP contribution in [0.2, 0.25) is 10.0 Å². The number of halogens is 2. The molecule has 5 nitrogen and oxygen atoms in total. The Morgan fingerprint density at radius 1 is 0.971 bits per heavy atom. The number of nitrogen functional groups attached to an aromatic ring is 1. The van der Waals surface area contributed by atoms with Crippen molar-refractivity contribution in [2.75, 3.05) is 12.3 Å². The van der Waals surface area contributed by atoms with Gasteiger partial charge in [-0.2, -0.15) is 5.26 Å². The van der Waals surface area contributed by atoms with E-state index in [1.54, 1.807) is 24.4 Å². The average molecular weight is 504 g/mol. The van der Waals surface area contributed by atoms with E-state index in [4.69, 9.17) is 38.4 Å². The molecule has 0 bridgehead atoms. The van der Waals surface area contributed by atoms with Gasteiger partial charge in [0.2, 0.25) is 0 Å². The Morgan fingerprint density at radius 2 is 1.69 bits per heavy atom. The SMILES string of the molecule is CCOc1cc(-c2c(-c3ccc(C)cc3)cnc(N)c2C#N)cc(Cl)c1OCc1ccc(Cl)cc1. The largest absolute Gasteiger partial charge is 0.490 e. The monoisotopic (exact) mass is 503 g/mol. The van der Waals surface area contributed by atoms with Crippen molar-refractivity contribution in [3.63, 3.8) is 0 Å². The highest BCUT2D eigenvalue weighted by Gasteiger charge is 2.21. The number of hydrogen-bond donors (Lipinski definition) is 1. The molecule has 0 aliphatic heterocycles. The summed E-state index contributed by atoms with van der Waals surface area (Å²) in [5.41, 5.74) is 11.4. The lowest BCUT2D eigenvalue weighted by molar-refractivity contribution is 0.269. The number of pyridine rings is 1. The number of nitrogens with two attached hydrogens (primary N) is 1. The highest BCUT2D eigenvalue weighted by Crippen LogP contribution is 2.44. The van der Waals surface area contributed by atoms with E-state index >= 15 is 0 Å². The zero-order chi connectivity index (χ0) is 24.9. The third-order valence-electron chi connectivity index (χ3n) is 5.48. The van der Waals surface area contributed by atoms with Crippen LogP contribution in [0.1, 0.15) is 23.6 Å². The van der Waals surface area contributed by atoms with Crippen molar-refractivity contribution >= 4 is 29.0 Å². The predicted molar refractivity (Wildman–Crippen MR) is 141 cm³/mol. The second-order valence-corrected chi connectivity index (χ2v) is 8.76. The van der Waals surface area contributed by atoms with Crippen LogP contribution in [0.5, 0.6) is 11.5 Å². The first-order chi connectivity index (χ1) is 16.9. The Balaban J connectivity index is 1.82. The van der Waals surface area contributed by atoms with Crippen molar-refractivity contribution in [1.29, 1.82) is 5.26 Å². The van der Waals surface area contributed by atoms with Gasteiger partial charge in [0.1, 0.15) is 24.1 Å². The van der Waals surface area contributed by atoms with E-state index in [1.807, 2.05) is 56.3 Å². The normalized spacial score (nSPS) is 10.6. The van der Waals surface area contributed by atoms with Gasteiger partial charge in [-0.3, -0.25) is 0 Å². The lowest BCUT2D eigenvalue weighted by Gasteiger charge is -2.18. The van der Waals surface area contributed by atoms with Gasteiger partial charge < -0.3 is 15.2 Å². The summed E-state index contributed by atoms with van der Waals surface area (Å²) in [5.74, 6) is 1.04. The first kappa shape index (κ1) is 24.4. The van der Waals surface area contributed by atoms with E-state index in [0.717, 1.165) is 22.3 Å². The number of nitrogens with zero attached hydrogens (tertiary/aromatic N) is 2. The highest BCUT2D eigenvalue weighted by atomic mass is 35.5. The standard InChI is InChI=1S/C28H23Cl2N3O2/c1-3-34-25-13-20(12-24(30)27(25)35-16-18-6-10-21(29)11-7-18)26-22(14-31)28(32)33-15-23(26)19-8-4-17(2)5-9-19/h4-13,15H,3,16H2,1-2H3,(H2,32,33). The number of nitriles is 1. The van der Waals surface area contributed by atoms with Gasteiger partial charge in [-0.25, -0.2) is 4.98 Å².